The van der Waals surface area contributed by atoms with Gasteiger partial charge in [-0.05, 0) is 50.8 Å². The molecular formula is C15H22N2OS. The van der Waals surface area contributed by atoms with Gasteiger partial charge in [-0.25, -0.2) is 0 Å². The summed E-state index contributed by atoms with van der Waals surface area (Å²) in [5, 5.41) is 3.36. The fourth-order valence-corrected chi connectivity index (χ4v) is 2.76. The monoisotopic (exact) mass is 278 g/mol. The predicted octanol–water partition coefficient (Wildman–Crippen LogP) is 2.18. The Morgan fingerprint density at radius 3 is 2.79 bits per heavy atom. The van der Waals surface area contributed by atoms with Gasteiger partial charge in [0.2, 0.25) is 0 Å². The Morgan fingerprint density at radius 2 is 2.16 bits per heavy atom. The molecule has 0 fully saturated rings. The summed E-state index contributed by atoms with van der Waals surface area (Å²) in [6, 6.07) is 6.18. The van der Waals surface area contributed by atoms with Crippen molar-refractivity contribution in [3.8, 4) is 5.75 Å². The van der Waals surface area contributed by atoms with Crippen LogP contribution in [0.2, 0.25) is 0 Å². The highest BCUT2D eigenvalue weighted by molar-refractivity contribution is 7.80. The zero-order valence-corrected chi connectivity index (χ0v) is 12.9. The number of fused-ring (bicyclic) bond motifs is 1. The predicted molar refractivity (Wildman–Crippen MR) is 83.2 cm³/mol. The second kappa shape index (κ2) is 5.47. The molecule has 0 bridgehead atoms. The van der Waals surface area contributed by atoms with E-state index in [1.807, 2.05) is 6.07 Å². The van der Waals surface area contributed by atoms with E-state index in [0.29, 0.717) is 0 Å². The Kier molecular flexibility index (Phi) is 4.11. The summed E-state index contributed by atoms with van der Waals surface area (Å²) in [5.41, 5.74) is 2.54. The maximum absolute atomic E-state index is 5.42. The van der Waals surface area contributed by atoms with Crippen molar-refractivity contribution in [3.05, 3.63) is 29.3 Å². The van der Waals surface area contributed by atoms with Crippen molar-refractivity contribution in [3.63, 3.8) is 0 Å². The minimum atomic E-state index is 0.0937. The molecule has 0 aliphatic carbocycles. The third-order valence-corrected chi connectivity index (χ3v) is 4.24. The number of ether oxygens (including phenoxy) is 1. The first-order valence-electron chi connectivity index (χ1n) is 6.58. The average molecular weight is 278 g/mol. The molecule has 1 aliphatic heterocycles. The van der Waals surface area contributed by atoms with Crippen molar-refractivity contribution in [2.45, 2.75) is 18.8 Å². The van der Waals surface area contributed by atoms with Gasteiger partial charge < -0.3 is 15.0 Å². The number of rotatable bonds is 4. The molecule has 1 aliphatic rings. The van der Waals surface area contributed by atoms with E-state index in [-0.39, 0.29) is 5.41 Å². The van der Waals surface area contributed by atoms with Gasteiger partial charge in [-0.15, -0.1) is 0 Å². The van der Waals surface area contributed by atoms with Crippen LogP contribution in [0.1, 0.15) is 24.5 Å². The highest BCUT2D eigenvalue weighted by Crippen LogP contribution is 2.35. The van der Waals surface area contributed by atoms with Gasteiger partial charge in [-0.2, -0.15) is 0 Å². The number of thiocarbonyl (C=S) groups is 1. The first-order valence-corrected chi connectivity index (χ1v) is 6.98. The van der Waals surface area contributed by atoms with Crippen molar-refractivity contribution < 1.29 is 4.74 Å². The summed E-state index contributed by atoms with van der Waals surface area (Å²) in [4.78, 5) is 3.07. The standard InChI is InChI=1S/C15H22N2OS/c1-15(7-8-17(2)3)10-16-14(19)12-6-5-11(18-4)9-13(12)15/h5-6,9H,7-8,10H2,1-4H3,(H,16,19). The highest BCUT2D eigenvalue weighted by atomic mass is 32.1. The van der Waals surface area contributed by atoms with Crippen LogP contribution in [-0.4, -0.2) is 44.2 Å². The van der Waals surface area contributed by atoms with E-state index in [2.05, 4.69) is 43.4 Å². The normalized spacial score (nSPS) is 22.1. The van der Waals surface area contributed by atoms with Gasteiger partial charge in [0.1, 0.15) is 10.7 Å². The highest BCUT2D eigenvalue weighted by Gasteiger charge is 2.34. The minimum absolute atomic E-state index is 0.0937. The van der Waals surface area contributed by atoms with Crippen LogP contribution in [0, 0.1) is 0 Å². The molecule has 0 amide bonds. The second-order valence-electron chi connectivity index (χ2n) is 5.71. The van der Waals surface area contributed by atoms with Crippen LogP contribution in [0.4, 0.5) is 0 Å². The summed E-state index contributed by atoms with van der Waals surface area (Å²) in [5.74, 6) is 0.902. The first-order chi connectivity index (χ1) is 8.96. The second-order valence-corrected chi connectivity index (χ2v) is 6.12. The maximum Gasteiger partial charge on any atom is 0.119 e. The zero-order valence-electron chi connectivity index (χ0n) is 12.1. The molecule has 1 heterocycles. The Morgan fingerprint density at radius 1 is 1.42 bits per heavy atom. The number of hydrogen-bond donors (Lipinski definition) is 1. The van der Waals surface area contributed by atoms with Crippen molar-refractivity contribution in [1.82, 2.24) is 10.2 Å². The number of benzene rings is 1. The zero-order chi connectivity index (χ0) is 14.0. The van der Waals surface area contributed by atoms with Gasteiger partial charge in [0.15, 0.2) is 0 Å². The molecular weight excluding hydrogens is 256 g/mol. The lowest BCUT2D eigenvalue weighted by Crippen LogP contribution is -2.46. The van der Waals surface area contributed by atoms with E-state index >= 15 is 0 Å². The van der Waals surface area contributed by atoms with Gasteiger partial charge in [-0.3, -0.25) is 0 Å². The Balaban J connectivity index is 2.39. The van der Waals surface area contributed by atoms with Gasteiger partial charge in [-0.1, -0.05) is 19.1 Å². The Bertz CT molecular complexity index is 487. The molecule has 0 saturated heterocycles. The molecule has 1 atom stereocenters. The summed E-state index contributed by atoms with van der Waals surface area (Å²) in [7, 11) is 5.92. The third kappa shape index (κ3) is 2.90. The molecule has 3 nitrogen and oxygen atoms in total. The van der Waals surface area contributed by atoms with E-state index in [4.69, 9.17) is 17.0 Å². The lowest BCUT2D eigenvalue weighted by atomic mass is 9.75. The van der Waals surface area contributed by atoms with Gasteiger partial charge >= 0.3 is 0 Å². The summed E-state index contributed by atoms with van der Waals surface area (Å²) in [6.45, 7) is 4.24. The molecule has 1 N–H and O–H groups in total. The molecule has 1 aromatic rings. The largest absolute Gasteiger partial charge is 0.497 e. The Hall–Kier alpha value is -1.13. The van der Waals surface area contributed by atoms with Crippen LogP contribution >= 0.6 is 12.2 Å². The number of hydrogen-bond acceptors (Lipinski definition) is 3. The smallest absolute Gasteiger partial charge is 0.119 e. The fourth-order valence-electron chi connectivity index (χ4n) is 2.51. The van der Waals surface area contributed by atoms with Crippen molar-refractivity contribution in [2.24, 2.45) is 0 Å². The van der Waals surface area contributed by atoms with E-state index in [1.54, 1.807) is 7.11 Å². The molecule has 0 aromatic heterocycles. The SMILES string of the molecule is COc1ccc2c(c1)C(C)(CCN(C)C)CNC2=S. The fraction of sp³-hybridized carbons (Fsp3) is 0.533. The van der Waals surface area contributed by atoms with Gasteiger partial charge in [0.25, 0.3) is 0 Å². The minimum Gasteiger partial charge on any atom is -0.497 e. The van der Waals surface area contributed by atoms with E-state index < -0.39 is 0 Å². The molecule has 2 rings (SSSR count). The molecule has 104 valence electrons. The third-order valence-electron chi connectivity index (χ3n) is 3.87. The van der Waals surface area contributed by atoms with E-state index in [9.17, 15) is 0 Å². The summed E-state index contributed by atoms with van der Waals surface area (Å²) >= 11 is 5.42. The number of nitrogens with zero attached hydrogens (tertiary/aromatic N) is 1. The van der Waals surface area contributed by atoms with Crippen LogP contribution in [0.15, 0.2) is 18.2 Å². The van der Waals surface area contributed by atoms with Crippen LogP contribution in [0.3, 0.4) is 0 Å². The molecule has 1 unspecified atom stereocenters. The van der Waals surface area contributed by atoms with Crippen molar-refractivity contribution in [1.29, 1.82) is 0 Å². The van der Waals surface area contributed by atoms with E-state index in [0.717, 1.165) is 35.8 Å². The summed E-state index contributed by atoms with van der Waals surface area (Å²) in [6.07, 6.45) is 1.09. The van der Waals surface area contributed by atoms with Crippen molar-refractivity contribution >= 4 is 17.2 Å². The van der Waals surface area contributed by atoms with Gasteiger partial charge in [0.05, 0.1) is 7.11 Å². The Labute approximate surface area is 120 Å². The lowest BCUT2D eigenvalue weighted by Gasteiger charge is -2.38. The summed E-state index contributed by atoms with van der Waals surface area (Å²) < 4.78 is 5.36. The van der Waals surface area contributed by atoms with Crippen molar-refractivity contribution in [2.75, 3.05) is 34.3 Å². The lowest BCUT2D eigenvalue weighted by molar-refractivity contribution is 0.322. The molecule has 1 aromatic carbocycles. The van der Waals surface area contributed by atoms with Crippen LogP contribution < -0.4 is 10.1 Å². The molecule has 0 radical (unpaired) electrons. The first kappa shape index (κ1) is 14.3. The molecule has 19 heavy (non-hydrogen) atoms. The van der Waals surface area contributed by atoms with E-state index in [1.165, 1.54) is 5.56 Å². The maximum atomic E-state index is 5.42. The number of methoxy groups -OCH3 is 1. The van der Waals surface area contributed by atoms with Crippen LogP contribution in [0.5, 0.6) is 5.75 Å². The van der Waals surface area contributed by atoms with Gasteiger partial charge in [0, 0.05) is 17.5 Å². The quantitative estimate of drug-likeness (QED) is 0.853. The molecule has 0 saturated carbocycles. The number of nitrogens with one attached hydrogen (secondary N) is 1. The molecule has 4 heteroatoms. The average Bonchev–Trinajstić information content (AvgIpc) is 2.41. The molecule has 0 spiro atoms. The van der Waals surface area contributed by atoms with Crippen LogP contribution in [0.25, 0.3) is 0 Å². The topological polar surface area (TPSA) is 24.5 Å². The van der Waals surface area contributed by atoms with Crippen LogP contribution in [-0.2, 0) is 5.41 Å².